The minimum Gasteiger partial charge on any atom is -0.503 e. The standard InChI is InChI=1S/C14H21N3O5/c1-9(2)6-16-8-15(4-5-22-3)14(21)11-13(20)12(19)10(18)7-17(11)16/h7,9,18,20H,4-6,8H2,1-3H3. The molecule has 1 aromatic rings. The zero-order chi connectivity index (χ0) is 16.4. The molecule has 0 spiro atoms. The van der Waals surface area contributed by atoms with Crippen LogP contribution in [0, 0.1) is 5.92 Å². The van der Waals surface area contributed by atoms with E-state index in [4.69, 9.17) is 4.74 Å². The first-order valence-corrected chi connectivity index (χ1v) is 7.07. The summed E-state index contributed by atoms with van der Waals surface area (Å²) in [5.41, 5.74) is -1.08. The highest BCUT2D eigenvalue weighted by atomic mass is 16.5. The first kappa shape index (κ1) is 16.2. The highest BCUT2D eigenvalue weighted by Crippen LogP contribution is 2.23. The molecule has 1 amide bonds. The minimum atomic E-state index is -0.947. The molecule has 0 saturated carbocycles. The summed E-state index contributed by atoms with van der Waals surface area (Å²) < 4.78 is 6.35. The molecule has 2 rings (SSSR count). The predicted octanol–water partition coefficient (Wildman–Crippen LogP) is -0.0868. The minimum absolute atomic E-state index is 0.134. The molecular weight excluding hydrogens is 290 g/mol. The van der Waals surface area contributed by atoms with Gasteiger partial charge in [-0.1, -0.05) is 13.8 Å². The maximum absolute atomic E-state index is 12.5. The van der Waals surface area contributed by atoms with Gasteiger partial charge in [0.05, 0.1) is 12.8 Å². The number of carbonyl (C=O) groups is 1. The zero-order valence-electron chi connectivity index (χ0n) is 12.9. The lowest BCUT2D eigenvalue weighted by molar-refractivity contribution is 0.0619. The van der Waals surface area contributed by atoms with E-state index in [2.05, 4.69) is 0 Å². The molecule has 2 heterocycles. The number of methoxy groups -OCH3 is 1. The number of pyridine rings is 1. The largest absolute Gasteiger partial charge is 0.503 e. The van der Waals surface area contributed by atoms with Gasteiger partial charge in [0.1, 0.15) is 6.67 Å². The second-order valence-corrected chi connectivity index (χ2v) is 5.67. The fraction of sp³-hybridized carbons (Fsp3) is 0.571. The van der Waals surface area contributed by atoms with Gasteiger partial charge in [-0.25, -0.2) is 0 Å². The summed E-state index contributed by atoms with van der Waals surface area (Å²) in [6.45, 7) is 5.60. The summed E-state index contributed by atoms with van der Waals surface area (Å²) in [6.07, 6.45) is 1.17. The van der Waals surface area contributed by atoms with E-state index in [1.165, 1.54) is 22.9 Å². The van der Waals surface area contributed by atoms with Crippen LogP contribution in [0.15, 0.2) is 11.0 Å². The quantitative estimate of drug-likeness (QED) is 0.789. The third kappa shape index (κ3) is 2.87. The van der Waals surface area contributed by atoms with E-state index in [0.717, 1.165) is 0 Å². The Morgan fingerprint density at radius 2 is 2.00 bits per heavy atom. The van der Waals surface area contributed by atoms with Gasteiger partial charge in [0.25, 0.3) is 11.3 Å². The molecule has 122 valence electrons. The molecule has 22 heavy (non-hydrogen) atoms. The molecule has 0 radical (unpaired) electrons. The summed E-state index contributed by atoms with van der Waals surface area (Å²) in [7, 11) is 1.54. The SMILES string of the molecule is COCCN1CN(CC(C)C)n2cc(O)c(=O)c(O)c2C1=O. The van der Waals surface area contributed by atoms with Crippen molar-refractivity contribution in [2.45, 2.75) is 13.8 Å². The van der Waals surface area contributed by atoms with Gasteiger partial charge < -0.3 is 19.8 Å². The van der Waals surface area contributed by atoms with E-state index in [1.54, 1.807) is 5.01 Å². The third-order valence-corrected chi connectivity index (χ3v) is 3.42. The Labute approximate surface area is 128 Å². The first-order chi connectivity index (χ1) is 10.4. The van der Waals surface area contributed by atoms with Crippen molar-refractivity contribution in [1.82, 2.24) is 9.58 Å². The number of aromatic hydroxyl groups is 2. The summed E-state index contributed by atoms with van der Waals surface area (Å²) >= 11 is 0. The lowest BCUT2D eigenvalue weighted by Crippen LogP contribution is -2.55. The topological polar surface area (TPSA) is 95.2 Å². The van der Waals surface area contributed by atoms with Crippen LogP contribution in [0.1, 0.15) is 24.3 Å². The van der Waals surface area contributed by atoms with E-state index >= 15 is 0 Å². The molecule has 0 unspecified atom stereocenters. The Morgan fingerprint density at radius 3 is 2.59 bits per heavy atom. The molecule has 0 aliphatic carbocycles. The number of amides is 1. The fourth-order valence-electron chi connectivity index (χ4n) is 2.42. The van der Waals surface area contributed by atoms with Crippen molar-refractivity contribution in [2.24, 2.45) is 5.92 Å². The van der Waals surface area contributed by atoms with Crippen LogP contribution in [0.2, 0.25) is 0 Å². The van der Waals surface area contributed by atoms with Crippen LogP contribution in [-0.4, -0.2) is 59.2 Å². The lowest BCUT2D eigenvalue weighted by atomic mass is 10.2. The van der Waals surface area contributed by atoms with E-state index in [9.17, 15) is 19.8 Å². The number of hydrogen-bond donors (Lipinski definition) is 2. The number of aromatic nitrogens is 1. The Kier molecular flexibility index (Phi) is 4.60. The maximum atomic E-state index is 12.5. The average molecular weight is 311 g/mol. The van der Waals surface area contributed by atoms with Crippen molar-refractivity contribution in [3.8, 4) is 11.5 Å². The second-order valence-electron chi connectivity index (χ2n) is 5.67. The van der Waals surface area contributed by atoms with Gasteiger partial charge in [-0.3, -0.25) is 19.3 Å². The van der Waals surface area contributed by atoms with E-state index in [-0.39, 0.29) is 18.3 Å². The monoisotopic (exact) mass is 311 g/mol. The van der Waals surface area contributed by atoms with Crippen molar-refractivity contribution in [2.75, 3.05) is 38.5 Å². The predicted molar refractivity (Wildman–Crippen MR) is 79.7 cm³/mol. The van der Waals surface area contributed by atoms with Crippen LogP contribution in [0.25, 0.3) is 0 Å². The smallest absolute Gasteiger partial charge is 0.277 e. The number of fused-ring (bicyclic) bond motifs is 1. The Hall–Kier alpha value is -2.22. The number of nitrogens with zero attached hydrogens (tertiary/aromatic N) is 3. The summed E-state index contributed by atoms with van der Waals surface area (Å²) in [4.78, 5) is 25.7. The van der Waals surface area contributed by atoms with Gasteiger partial charge in [0.2, 0.25) is 0 Å². The van der Waals surface area contributed by atoms with Gasteiger partial charge in [0.15, 0.2) is 17.2 Å². The van der Waals surface area contributed by atoms with Crippen molar-refractivity contribution in [3.05, 3.63) is 22.1 Å². The molecule has 0 fully saturated rings. The van der Waals surface area contributed by atoms with Crippen LogP contribution >= 0.6 is 0 Å². The van der Waals surface area contributed by atoms with Crippen LogP contribution < -0.4 is 10.4 Å². The highest BCUT2D eigenvalue weighted by molar-refractivity contribution is 5.96. The molecule has 0 aromatic carbocycles. The Balaban J connectivity index is 2.51. The van der Waals surface area contributed by atoms with Crippen molar-refractivity contribution in [3.63, 3.8) is 0 Å². The molecular formula is C14H21N3O5. The van der Waals surface area contributed by atoms with Gasteiger partial charge in [-0.05, 0) is 5.92 Å². The normalized spacial score (nSPS) is 14.6. The summed E-state index contributed by atoms with van der Waals surface area (Å²) in [5.74, 6) is -1.50. The third-order valence-electron chi connectivity index (χ3n) is 3.42. The van der Waals surface area contributed by atoms with E-state index < -0.39 is 22.8 Å². The average Bonchev–Trinajstić information content (AvgIpc) is 2.45. The molecule has 8 heteroatoms. The van der Waals surface area contributed by atoms with E-state index in [1.807, 2.05) is 13.8 Å². The van der Waals surface area contributed by atoms with Crippen LogP contribution in [0.5, 0.6) is 11.5 Å². The molecule has 2 N–H and O–H groups in total. The maximum Gasteiger partial charge on any atom is 0.277 e. The van der Waals surface area contributed by atoms with Gasteiger partial charge >= 0.3 is 0 Å². The van der Waals surface area contributed by atoms with Crippen LogP contribution in [0.3, 0.4) is 0 Å². The van der Waals surface area contributed by atoms with Gasteiger partial charge in [-0.15, -0.1) is 0 Å². The van der Waals surface area contributed by atoms with Crippen LogP contribution in [-0.2, 0) is 4.74 Å². The molecule has 0 bridgehead atoms. The number of rotatable bonds is 5. The number of ether oxygens (including phenoxy) is 1. The molecule has 1 aliphatic rings. The Morgan fingerprint density at radius 1 is 1.32 bits per heavy atom. The van der Waals surface area contributed by atoms with Crippen LogP contribution in [0.4, 0.5) is 0 Å². The molecule has 0 atom stereocenters. The molecule has 1 aromatic heterocycles. The molecule has 8 nitrogen and oxygen atoms in total. The van der Waals surface area contributed by atoms with Gasteiger partial charge in [-0.2, -0.15) is 0 Å². The highest BCUT2D eigenvalue weighted by Gasteiger charge is 2.33. The summed E-state index contributed by atoms with van der Waals surface area (Å²) in [6, 6.07) is 0. The lowest BCUT2D eigenvalue weighted by Gasteiger charge is -2.40. The Bertz CT molecular complexity index is 626. The zero-order valence-corrected chi connectivity index (χ0v) is 12.9. The fourth-order valence-corrected chi connectivity index (χ4v) is 2.42. The summed E-state index contributed by atoms with van der Waals surface area (Å²) in [5, 5.41) is 21.4. The number of carbonyl (C=O) groups excluding carboxylic acids is 1. The van der Waals surface area contributed by atoms with Crippen molar-refractivity contribution >= 4 is 5.91 Å². The molecule has 0 saturated heterocycles. The number of hydrogen-bond acceptors (Lipinski definition) is 6. The first-order valence-electron chi connectivity index (χ1n) is 7.07. The van der Waals surface area contributed by atoms with Crippen molar-refractivity contribution < 1.29 is 19.7 Å². The van der Waals surface area contributed by atoms with Crippen molar-refractivity contribution in [1.29, 1.82) is 0 Å². The van der Waals surface area contributed by atoms with E-state index in [0.29, 0.717) is 19.7 Å². The molecule has 1 aliphatic heterocycles. The second kappa shape index (κ2) is 6.27. The van der Waals surface area contributed by atoms with Gasteiger partial charge in [0, 0.05) is 20.2 Å².